The highest BCUT2D eigenvalue weighted by atomic mass is 16.6. The first-order chi connectivity index (χ1) is 8.41. The number of alkyl carbamates (subject to hydrolysis) is 1. The van der Waals surface area contributed by atoms with Gasteiger partial charge in [-0.3, -0.25) is 0 Å². The summed E-state index contributed by atoms with van der Waals surface area (Å²) in [6.07, 6.45) is 2.44. The van der Waals surface area contributed by atoms with Gasteiger partial charge in [0.15, 0.2) is 0 Å². The quantitative estimate of drug-likeness (QED) is 0.745. The summed E-state index contributed by atoms with van der Waals surface area (Å²) in [5.74, 6) is 0. The average molecular weight is 256 g/mol. The van der Waals surface area contributed by atoms with Gasteiger partial charge in [-0.25, -0.2) is 4.79 Å². The zero-order valence-corrected chi connectivity index (χ0v) is 11.5. The van der Waals surface area contributed by atoms with E-state index in [9.17, 15) is 4.79 Å². The number of ether oxygens (including phenoxy) is 2. The summed E-state index contributed by atoms with van der Waals surface area (Å²) in [4.78, 5) is 11.8. The number of amides is 1. The Bertz CT molecular complexity index is 306. The Balaban J connectivity index is 1.93. The molecule has 2 saturated heterocycles. The van der Waals surface area contributed by atoms with Crippen LogP contribution in [-0.4, -0.2) is 43.0 Å². The largest absolute Gasteiger partial charge is 0.444 e. The van der Waals surface area contributed by atoms with E-state index in [1.54, 1.807) is 0 Å². The lowest BCUT2D eigenvalue weighted by Crippen LogP contribution is -2.55. The first kappa shape index (κ1) is 13.6. The molecule has 104 valence electrons. The number of hydrogen-bond acceptors (Lipinski definition) is 4. The van der Waals surface area contributed by atoms with Crippen LogP contribution in [0.15, 0.2) is 0 Å². The van der Waals surface area contributed by atoms with Crippen molar-refractivity contribution in [2.75, 3.05) is 19.7 Å². The molecule has 5 nitrogen and oxygen atoms in total. The number of piperidine rings is 1. The standard InChI is InChI=1S/C13H24N2O3/c1-12(2,3)18-11(16)15-10-4-9-17-13(10)5-7-14-8-6-13/h10,14H,4-9H2,1-3H3,(H,15,16)/t10-/m1/s1. The third-order valence-electron chi connectivity index (χ3n) is 3.57. The Kier molecular flexibility index (Phi) is 3.82. The van der Waals surface area contributed by atoms with Crippen molar-refractivity contribution in [1.82, 2.24) is 10.6 Å². The maximum Gasteiger partial charge on any atom is 0.407 e. The minimum absolute atomic E-state index is 0.0782. The van der Waals surface area contributed by atoms with Crippen LogP contribution in [0.1, 0.15) is 40.0 Å². The molecule has 2 fully saturated rings. The van der Waals surface area contributed by atoms with E-state index in [-0.39, 0.29) is 17.7 Å². The summed E-state index contributed by atoms with van der Waals surface area (Å²) in [5, 5.41) is 6.31. The van der Waals surface area contributed by atoms with E-state index in [4.69, 9.17) is 9.47 Å². The first-order valence-electron chi connectivity index (χ1n) is 6.75. The molecule has 2 rings (SSSR count). The van der Waals surface area contributed by atoms with Crippen LogP contribution in [0.3, 0.4) is 0 Å². The molecular formula is C13H24N2O3. The molecule has 0 radical (unpaired) electrons. The molecule has 1 atom stereocenters. The van der Waals surface area contributed by atoms with Crippen molar-refractivity contribution in [3.05, 3.63) is 0 Å². The molecule has 0 bridgehead atoms. The second kappa shape index (κ2) is 5.05. The van der Waals surface area contributed by atoms with E-state index >= 15 is 0 Å². The molecule has 1 spiro atoms. The average Bonchev–Trinajstić information content (AvgIpc) is 2.60. The Morgan fingerprint density at radius 1 is 1.39 bits per heavy atom. The van der Waals surface area contributed by atoms with E-state index in [1.165, 1.54) is 0 Å². The van der Waals surface area contributed by atoms with Crippen molar-refractivity contribution >= 4 is 6.09 Å². The van der Waals surface area contributed by atoms with Crippen LogP contribution in [0.4, 0.5) is 4.79 Å². The van der Waals surface area contributed by atoms with Crippen LogP contribution in [0.25, 0.3) is 0 Å². The molecule has 0 aromatic heterocycles. The fourth-order valence-corrected chi connectivity index (χ4v) is 2.74. The van der Waals surface area contributed by atoms with E-state index in [0.717, 1.165) is 39.0 Å². The van der Waals surface area contributed by atoms with Gasteiger partial charge in [-0.2, -0.15) is 0 Å². The number of rotatable bonds is 1. The topological polar surface area (TPSA) is 59.6 Å². The van der Waals surface area contributed by atoms with Gasteiger partial charge in [0.05, 0.1) is 11.6 Å². The Hall–Kier alpha value is -0.810. The van der Waals surface area contributed by atoms with Gasteiger partial charge in [-0.15, -0.1) is 0 Å². The third-order valence-corrected chi connectivity index (χ3v) is 3.57. The van der Waals surface area contributed by atoms with Gasteiger partial charge in [0, 0.05) is 6.61 Å². The molecule has 1 amide bonds. The monoisotopic (exact) mass is 256 g/mol. The molecule has 18 heavy (non-hydrogen) atoms. The van der Waals surface area contributed by atoms with Crippen LogP contribution in [0.2, 0.25) is 0 Å². The van der Waals surface area contributed by atoms with E-state index in [0.29, 0.717) is 0 Å². The van der Waals surface area contributed by atoms with E-state index < -0.39 is 5.60 Å². The van der Waals surface area contributed by atoms with E-state index in [1.807, 2.05) is 20.8 Å². The highest BCUT2D eigenvalue weighted by Crippen LogP contribution is 2.34. The molecule has 0 aromatic carbocycles. The summed E-state index contributed by atoms with van der Waals surface area (Å²) in [5.41, 5.74) is -0.632. The maximum atomic E-state index is 11.8. The fraction of sp³-hybridized carbons (Fsp3) is 0.923. The Labute approximate surface area is 109 Å². The van der Waals surface area contributed by atoms with Crippen LogP contribution >= 0.6 is 0 Å². The third kappa shape index (κ3) is 3.14. The molecule has 2 aliphatic heterocycles. The maximum absolute atomic E-state index is 11.8. The highest BCUT2D eigenvalue weighted by molar-refractivity contribution is 5.68. The molecule has 2 N–H and O–H groups in total. The number of nitrogens with one attached hydrogen (secondary N) is 2. The van der Waals surface area contributed by atoms with Gasteiger partial charge in [0.1, 0.15) is 5.60 Å². The predicted molar refractivity (Wildman–Crippen MR) is 68.6 cm³/mol. The summed E-state index contributed by atoms with van der Waals surface area (Å²) in [6, 6.07) is 0.0782. The van der Waals surface area contributed by atoms with Crippen molar-refractivity contribution in [3.8, 4) is 0 Å². The first-order valence-corrected chi connectivity index (χ1v) is 6.75. The molecule has 0 aliphatic carbocycles. The molecule has 2 aliphatic rings. The van der Waals surface area contributed by atoms with Crippen molar-refractivity contribution in [2.24, 2.45) is 0 Å². The van der Waals surface area contributed by atoms with Gasteiger partial charge < -0.3 is 20.1 Å². The molecule has 2 heterocycles. The number of hydrogen-bond donors (Lipinski definition) is 2. The predicted octanol–water partition coefficient (Wildman–Crippen LogP) is 1.42. The number of carbonyl (C=O) groups excluding carboxylic acids is 1. The highest BCUT2D eigenvalue weighted by Gasteiger charge is 2.46. The zero-order chi connectivity index (χ0) is 13.2. The van der Waals surface area contributed by atoms with Crippen LogP contribution < -0.4 is 10.6 Å². The van der Waals surface area contributed by atoms with Crippen LogP contribution in [0, 0.1) is 0 Å². The van der Waals surface area contributed by atoms with Crippen molar-refractivity contribution in [2.45, 2.75) is 57.3 Å². The van der Waals surface area contributed by atoms with Crippen molar-refractivity contribution in [3.63, 3.8) is 0 Å². The molecule has 0 saturated carbocycles. The molecule has 0 unspecified atom stereocenters. The Morgan fingerprint density at radius 2 is 2.06 bits per heavy atom. The SMILES string of the molecule is CC(C)(C)OC(=O)N[C@@H]1CCOC12CCNCC2. The summed E-state index contributed by atoms with van der Waals surface area (Å²) in [6.45, 7) is 8.24. The summed E-state index contributed by atoms with van der Waals surface area (Å²) in [7, 11) is 0. The summed E-state index contributed by atoms with van der Waals surface area (Å²) < 4.78 is 11.2. The van der Waals surface area contributed by atoms with Crippen LogP contribution in [-0.2, 0) is 9.47 Å². The Morgan fingerprint density at radius 3 is 2.67 bits per heavy atom. The minimum atomic E-state index is -0.454. The lowest BCUT2D eigenvalue weighted by Gasteiger charge is -2.38. The number of carbonyl (C=O) groups is 1. The minimum Gasteiger partial charge on any atom is -0.444 e. The second-order valence-electron chi connectivity index (χ2n) is 6.15. The fourth-order valence-electron chi connectivity index (χ4n) is 2.74. The van der Waals surface area contributed by atoms with Crippen molar-refractivity contribution < 1.29 is 14.3 Å². The van der Waals surface area contributed by atoms with Gasteiger partial charge in [0.2, 0.25) is 0 Å². The lowest BCUT2D eigenvalue weighted by molar-refractivity contribution is -0.0356. The summed E-state index contributed by atoms with van der Waals surface area (Å²) >= 11 is 0. The van der Waals surface area contributed by atoms with Gasteiger partial charge in [0.25, 0.3) is 0 Å². The van der Waals surface area contributed by atoms with E-state index in [2.05, 4.69) is 10.6 Å². The second-order valence-corrected chi connectivity index (χ2v) is 6.15. The van der Waals surface area contributed by atoms with Gasteiger partial charge in [-0.05, 0) is 53.1 Å². The molecule has 5 heteroatoms. The molecule has 0 aromatic rings. The van der Waals surface area contributed by atoms with Gasteiger partial charge in [-0.1, -0.05) is 0 Å². The lowest BCUT2D eigenvalue weighted by atomic mass is 9.85. The zero-order valence-electron chi connectivity index (χ0n) is 11.5. The smallest absolute Gasteiger partial charge is 0.407 e. The normalized spacial score (nSPS) is 27.2. The van der Waals surface area contributed by atoms with Crippen molar-refractivity contribution in [1.29, 1.82) is 0 Å². The molecular weight excluding hydrogens is 232 g/mol. The van der Waals surface area contributed by atoms with Gasteiger partial charge >= 0.3 is 6.09 Å². The van der Waals surface area contributed by atoms with Crippen LogP contribution in [0.5, 0.6) is 0 Å².